The summed E-state index contributed by atoms with van der Waals surface area (Å²) < 4.78 is 7.44. The highest BCUT2D eigenvalue weighted by molar-refractivity contribution is 8.01. The van der Waals surface area contributed by atoms with E-state index in [0.717, 1.165) is 16.3 Å². The molecule has 2 heterocycles. The summed E-state index contributed by atoms with van der Waals surface area (Å²) in [7, 11) is 7.46. The summed E-state index contributed by atoms with van der Waals surface area (Å²) in [6.45, 7) is 1.30. The highest BCUT2D eigenvalue weighted by Gasteiger charge is 2.29. The van der Waals surface area contributed by atoms with Crippen molar-refractivity contribution in [2.24, 2.45) is 14.1 Å². The highest BCUT2D eigenvalue weighted by atomic mass is 32.2. The minimum Gasteiger partial charge on any atom is -0.497 e. The maximum Gasteiger partial charge on any atom is 0.332 e. The number of amides is 1. The van der Waals surface area contributed by atoms with Gasteiger partial charge in [-0.1, -0.05) is 23.9 Å². The molecule has 10 nitrogen and oxygen atoms in total. The van der Waals surface area contributed by atoms with E-state index in [0.29, 0.717) is 11.3 Å². The van der Waals surface area contributed by atoms with E-state index in [-0.39, 0.29) is 27.7 Å². The smallest absolute Gasteiger partial charge is 0.332 e. The lowest BCUT2D eigenvalue weighted by molar-refractivity contribution is -0.132. The molecule has 32 heavy (non-hydrogen) atoms. The van der Waals surface area contributed by atoms with Crippen molar-refractivity contribution >= 4 is 34.5 Å². The molecule has 0 bridgehead atoms. The van der Waals surface area contributed by atoms with Crippen LogP contribution < -0.4 is 16.0 Å². The second-order valence-corrected chi connectivity index (χ2v) is 8.42. The van der Waals surface area contributed by atoms with Crippen LogP contribution in [0.25, 0.3) is 22.4 Å². The number of methoxy groups -OCH3 is 1. The Labute approximate surface area is 187 Å². The van der Waals surface area contributed by atoms with Crippen LogP contribution in [0.4, 0.5) is 0 Å². The molecule has 0 saturated heterocycles. The molecule has 1 aromatic carbocycles. The number of hydrogen-bond donors (Lipinski definition) is 0. The first-order chi connectivity index (χ1) is 15.1. The minimum absolute atomic E-state index is 0.0593. The molecule has 11 heteroatoms. The molecule has 0 N–H and O–H groups in total. The van der Waals surface area contributed by atoms with E-state index < -0.39 is 22.4 Å². The van der Waals surface area contributed by atoms with Crippen molar-refractivity contribution in [1.29, 1.82) is 0 Å². The van der Waals surface area contributed by atoms with E-state index in [1.54, 1.807) is 38.4 Å². The van der Waals surface area contributed by atoms with Gasteiger partial charge in [-0.3, -0.25) is 23.5 Å². The maximum absolute atomic E-state index is 13.0. The monoisotopic (exact) mass is 457 g/mol. The van der Waals surface area contributed by atoms with Gasteiger partial charge in [0.25, 0.3) is 5.56 Å². The highest BCUT2D eigenvalue weighted by Crippen LogP contribution is 2.31. The lowest BCUT2D eigenvalue weighted by atomic mass is 10.2. The molecule has 0 radical (unpaired) electrons. The third-order valence-electron chi connectivity index (χ3n) is 4.86. The topological polar surface area (TPSA) is 116 Å². The first kappa shape index (κ1) is 23.2. The number of fused-ring (bicyclic) bond motifs is 1. The summed E-state index contributed by atoms with van der Waals surface area (Å²) in [5, 5.41) is -0.910. The first-order valence-corrected chi connectivity index (χ1v) is 10.4. The van der Waals surface area contributed by atoms with Crippen LogP contribution in [-0.2, 0) is 23.7 Å². The lowest BCUT2D eigenvalue weighted by Crippen LogP contribution is -2.38. The van der Waals surface area contributed by atoms with Crippen LogP contribution >= 0.6 is 11.8 Å². The Morgan fingerprint density at radius 2 is 1.81 bits per heavy atom. The molecule has 0 unspecified atom stereocenters. The third-order valence-corrected chi connectivity index (χ3v) is 6.15. The lowest BCUT2D eigenvalue weighted by Gasteiger charge is -2.19. The number of carbonyl (C=O) groups is 2. The van der Waals surface area contributed by atoms with Crippen molar-refractivity contribution in [1.82, 2.24) is 24.0 Å². The minimum atomic E-state index is -1.11. The number of carbonyl (C=O) groups excluding carboxylic acids is 2. The van der Waals surface area contributed by atoms with Gasteiger partial charge in [-0.2, -0.15) is 0 Å². The second-order valence-electron chi connectivity index (χ2n) is 7.33. The van der Waals surface area contributed by atoms with E-state index in [1.807, 2.05) is 0 Å². The molecule has 0 aliphatic rings. The van der Waals surface area contributed by atoms with Crippen LogP contribution in [0.5, 0.6) is 5.75 Å². The van der Waals surface area contributed by atoms with Crippen LogP contribution in [0.15, 0.2) is 38.9 Å². The molecule has 0 saturated carbocycles. The van der Waals surface area contributed by atoms with Crippen molar-refractivity contribution in [3.05, 3.63) is 45.1 Å². The van der Waals surface area contributed by atoms with Gasteiger partial charge in [0.15, 0.2) is 17.3 Å². The van der Waals surface area contributed by atoms with E-state index in [2.05, 4.69) is 9.97 Å². The molecular weight excluding hydrogens is 434 g/mol. The first-order valence-electron chi connectivity index (χ1n) is 9.57. The number of rotatable bonds is 6. The zero-order chi connectivity index (χ0) is 23.7. The fourth-order valence-electron chi connectivity index (χ4n) is 3.06. The van der Waals surface area contributed by atoms with Gasteiger partial charge in [0.2, 0.25) is 5.91 Å². The molecule has 3 rings (SSSR count). The van der Waals surface area contributed by atoms with Crippen molar-refractivity contribution in [3.8, 4) is 17.1 Å². The van der Waals surface area contributed by atoms with E-state index >= 15 is 0 Å². The SMILES string of the molecule is COc1cccc(-c2nc(S[C@@H](C(C)=O)C(=O)N(C)C)c3c(=O)n(C)c(=O)n(C)c3n2)c1. The normalized spacial score (nSPS) is 11.9. The van der Waals surface area contributed by atoms with Crippen LogP contribution in [0.1, 0.15) is 6.92 Å². The van der Waals surface area contributed by atoms with Gasteiger partial charge in [-0.25, -0.2) is 14.8 Å². The molecule has 0 aliphatic carbocycles. The predicted molar refractivity (Wildman–Crippen MR) is 121 cm³/mol. The summed E-state index contributed by atoms with van der Waals surface area (Å²) >= 11 is 0.867. The summed E-state index contributed by atoms with van der Waals surface area (Å²) in [5.74, 6) is -0.0201. The number of thioether (sulfide) groups is 1. The number of aromatic nitrogens is 4. The fourth-order valence-corrected chi connectivity index (χ4v) is 4.20. The van der Waals surface area contributed by atoms with Gasteiger partial charge >= 0.3 is 5.69 Å². The Morgan fingerprint density at radius 1 is 1.12 bits per heavy atom. The average molecular weight is 458 g/mol. The summed E-state index contributed by atoms with van der Waals surface area (Å²) in [6, 6.07) is 6.98. The molecule has 1 amide bonds. The Bertz CT molecular complexity index is 1340. The average Bonchev–Trinajstić information content (AvgIpc) is 2.78. The Morgan fingerprint density at radius 3 is 2.41 bits per heavy atom. The zero-order valence-electron chi connectivity index (χ0n) is 18.6. The Hall–Kier alpha value is -3.47. The predicted octanol–water partition coefficient (Wildman–Crippen LogP) is 0.841. The number of hydrogen-bond acceptors (Lipinski definition) is 8. The van der Waals surface area contributed by atoms with Crippen molar-refractivity contribution in [3.63, 3.8) is 0 Å². The molecule has 168 valence electrons. The summed E-state index contributed by atoms with van der Waals surface area (Å²) in [5.41, 5.74) is -0.476. The number of nitrogens with zero attached hydrogens (tertiary/aromatic N) is 5. The number of benzene rings is 1. The van der Waals surface area contributed by atoms with Gasteiger partial charge < -0.3 is 9.64 Å². The van der Waals surface area contributed by atoms with E-state index in [9.17, 15) is 19.2 Å². The summed E-state index contributed by atoms with van der Waals surface area (Å²) in [6.07, 6.45) is 0. The molecule has 0 aliphatic heterocycles. The number of Topliss-reactive ketones (excluding diaryl/α,β-unsaturated/α-hetero) is 1. The van der Waals surface area contributed by atoms with Crippen molar-refractivity contribution in [2.45, 2.75) is 17.2 Å². The van der Waals surface area contributed by atoms with Gasteiger partial charge in [0.05, 0.1) is 7.11 Å². The number of aryl methyl sites for hydroxylation is 1. The Balaban J connectivity index is 2.36. The zero-order valence-corrected chi connectivity index (χ0v) is 19.4. The molecule has 2 aromatic heterocycles. The van der Waals surface area contributed by atoms with Crippen LogP contribution in [0.2, 0.25) is 0 Å². The van der Waals surface area contributed by atoms with Gasteiger partial charge in [0.1, 0.15) is 21.4 Å². The number of ether oxygens (including phenoxy) is 1. The molecule has 1 atom stereocenters. The van der Waals surface area contributed by atoms with E-state index in [1.165, 1.54) is 37.6 Å². The van der Waals surface area contributed by atoms with Crippen molar-refractivity contribution < 1.29 is 14.3 Å². The molecular formula is C21H23N5O5S. The van der Waals surface area contributed by atoms with Gasteiger partial charge in [-0.05, 0) is 19.1 Å². The largest absolute Gasteiger partial charge is 0.497 e. The molecule has 3 aromatic rings. The maximum atomic E-state index is 13.0. The van der Waals surface area contributed by atoms with Gasteiger partial charge in [-0.15, -0.1) is 0 Å². The van der Waals surface area contributed by atoms with Crippen LogP contribution in [0.3, 0.4) is 0 Å². The number of ketones is 1. The second kappa shape index (κ2) is 8.95. The third kappa shape index (κ3) is 4.15. The van der Waals surface area contributed by atoms with Crippen molar-refractivity contribution in [2.75, 3.05) is 21.2 Å². The quantitative estimate of drug-likeness (QED) is 0.304. The fraction of sp³-hybridized carbons (Fsp3) is 0.333. The molecule has 0 fully saturated rings. The van der Waals surface area contributed by atoms with Crippen LogP contribution in [-0.4, -0.2) is 62.1 Å². The summed E-state index contributed by atoms with van der Waals surface area (Å²) in [4.78, 5) is 60.7. The van der Waals surface area contributed by atoms with Crippen LogP contribution in [0, 0.1) is 0 Å². The van der Waals surface area contributed by atoms with Gasteiger partial charge in [0, 0.05) is 33.8 Å². The molecule has 0 spiro atoms. The van der Waals surface area contributed by atoms with E-state index in [4.69, 9.17) is 4.74 Å². The standard InChI is InChI=1S/C21H23N5O5S/c1-11(27)15(20(29)24(2)3)32-18-14-17(25(4)21(30)26(5)19(14)28)22-16(23-18)12-8-7-9-13(10-12)31-6/h7-10,15H,1-6H3/t15-/m0/s1. The Kier molecular flexibility index (Phi) is 6.49.